The van der Waals surface area contributed by atoms with Gasteiger partial charge in [-0.2, -0.15) is 13.7 Å². The van der Waals surface area contributed by atoms with E-state index in [0.717, 1.165) is 11.1 Å². The predicted molar refractivity (Wildman–Crippen MR) is 125 cm³/mol. The van der Waals surface area contributed by atoms with Crippen molar-refractivity contribution in [3.63, 3.8) is 0 Å². The van der Waals surface area contributed by atoms with Crippen LogP contribution in [0.2, 0.25) is 0 Å². The molecule has 0 heterocycles. The Morgan fingerprint density at radius 2 is 1.78 bits per heavy atom. The Balaban J connectivity index is 1.74. The van der Waals surface area contributed by atoms with E-state index in [9.17, 15) is 18.5 Å². The highest BCUT2D eigenvalue weighted by Gasteiger charge is 2.18. The summed E-state index contributed by atoms with van der Waals surface area (Å²) in [5.41, 5.74) is 2.30. The first-order valence-electron chi connectivity index (χ1n) is 9.53. The summed E-state index contributed by atoms with van der Waals surface area (Å²) >= 11 is 3.29. The molecule has 0 saturated heterocycles. The molecule has 0 aliphatic carbocycles. The summed E-state index contributed by atoms with van der Waals surface area (Å²) < 4.78 is 30.6. The van der Waals surface area contributed by atoms with Crippen molar-refractivity contribution >= 4 is 38.0 Å². The van der Waals surface area contributed by atoms with E-state index in [1.165, 1.54) is 24.3 Å². The number of rotatable bonds is 7. The van der Waals surface area contributed by atoms with E-state index in [1.807, 2.05) is 43.3 Å². The SMILES string of the molecule is Cc1ccc(S(=O)(=O)Oc2ccc(/C=C(\C#N)C(=O)NCc3ccccc3)cc2Br)cc1. The van der Waals surface area contributed by atoms with E-state index in [1.54, 1.807) is 24.3 Å². The number of nitrogens with one attached hydrogen (secondary N) is 1. The van der Waals surface area contributed by atoms with Crippen molar-refractivity contribution in [2.24, 2.45) is 0 Å². The molecule has 1 amide bonds. The summed E-state index contributed by atoms with van der Waals surface area (Å²) in [5.74, 6) is -0.412. The topological polar surface area (TPSA) is 96.3 Å². The zero-order valence-corrected chi connectivity index (χ0v) is 19.5. The summed E-state index contributed by atoms with van der Waals surface area (Å²) in [6.07, 6.45) is 1.42. The van der Waals surface area contributed by atoms with E-state index in [4.69, 9.17) is 4.18 Å². The van der Waals surface area contributed by atoms with Crippen molar-refractivity contribution in [3.8, 4) is 11.8 Å². The number of carbonyl (C=O) groups is 1. The average Bonchev–Trinajstić information content (AvgIpc) is 2.78. The van der Waals surface area contributed by atoms with Crippen molar-refractivity contribution < 1.29 is 17.4 Å². The molecule has 0 bridgehead atoms. The monoisotopic (exact) mass is 510 g/mol. The maximum Gasteiger partial charge on any atom is 0.339 e. The Morgan fingerprint density at radius 1 is 1.09 bits per heavy atom. The lowest BCUT2D eigenvalue weighted by Gasteiger charge is -2.10. The molecule has 0 aliphatic heterocycles. The first kappa shape index (κ1) is 23.3. The van der Waals surface area contributed by atoms with Crippen LogP contribution < -0.4 is 9.50 Å². The Bertz CT molecular complexity index is 1300. The predicted octanol–water partition coefficient (Wildman–Crippen LogP) is 4.75. The van der Waals surface area contributed by atoms with Gasteiger partial charge in [-0.1, -0.05) is 54.1 Å². The molecule has 0 unspecified atom stereocenters. The molecule has 8 heteroatoms. The summed E-state index contributed by atoms with van der Waals surface area (Å²) in [6.45, 7) is 2.16. The second kappa shape index (κ2) is 10.3. The second-order valence-electron chi connectivity index (χ2n) is 6.88. The molecule has 3 aromatic carbocycles. The van der Waals surface area contributed by atoms with Gasteiger partial charge >= 0.3 is 10.1 Å². The highest BCUT2D eigenvalue weighted by atomic mass is 79.9. The van der Waals surface area contributed by atoms with Gasteiger partial charge in [0.15, 0.2) is 5.75 Å². The van der Waals surface area contributed by atoms with Crippen molar-refractivity contribution in [2.45, 2.75) is 18.4 Å². The van der Waals surface area contributed by atoms with Gasteiger partial charge in [0.2, 0.25) is 0 Å². The smallest absolute Gasteiger partial charge is 0.339 e. The lowest BCUT2D eigenvalue weighted by Crippen LogP contribution is -2.23. The number of hydrogen-bond donors (Lipinski definition) is 1. The molecule has 162 valence electrons. The number of benzene rings is 3. The van der Waals surface area contributed by atoms with Crippen LogP contribution in [0.3, 0.4) is 0 Å². The molecule has 32 heavy (non-hydrogen) atoms. The van der Waals surface area contributed by atoms with Crippen LogP contribution >= 0.6 is 15.9 Å². The third kappa shape index (κ3) is 6.06. The van der Waals surface area contributed by atoms with Gasteiger partial charge in [0.05, 0.1) is 4.47 Å². The lowest BCUT2D eigenvalue weighted by atomic mass is 10.1. The Morgan fingerprint density at radius 3 is 2.41 bits per heavy atom. The number of nitriles is 1. The van der Waals surface area contributed by atoms with E-state index in [2.05, 4.69) is 21.2 Å². The minimum atomic E-state index is -4.00. The van der Waals surface area contributed by atoms with Crippen LogP contribution in [0.15, 0.2) is 87.7 Å². The molecular weight excluding hydrogens is 492 g/mol. The molecule has 0 aromatic heterocycles. The summed E-state index contributed by atoms with van der Waals surface area (Å²) in [5, 5.41) is 12.1. The van der Waals surface area contributed by atoms with Gasteiger partial charge in [-0.05, 0) is 64.3 Å². The number of carbonyl (C=O) groups excluding carboxylic acids is 1. The summed E-state index contributed by atoms with van der Waals surface area (Å²) in [6, 6.07) is 22.2. The molecule has 3 aromatic rings. The molecule has 1 N–H and O–H groups in total. The van der Waals surface area contributed by atoms with Gasteiger partial charge in [-0.15, -0.1) is 0 Å². The minimum Gasteiger partial charge on any atom is -0.378 e. The molecule has 0 atom stereocenters. The number of aryl methyl sites for hydroxylation is 1. The van der Waals surface area contributed by atoms with Crippen molar-refractivity contribution in [1.29, 1.82) is 5.26 Å². The van der Waals surface area contributed by atoms with Crippen LogP contribution in [0, 0.1) is 18.3 Å². The number of hydrogen-bond acceptors (Lipinski definition) is 5. The largest absolute Gasteiger partial charge is 0.378 e. The van der Waals surface area contributed by atoms with Crippen LogP contribution in [0.4, 0.5) is 0 Å². The molecule has 0 fully saturated rings. The fourth-order valence-electron chi connectivity index (χ4n) is 2.73. The van der Waals surface area contributed by atoms with E-state index >= 15 is 0 Å². The van der Waals surface area contributed by atoms with Crippen LogP contribution in [0.25, 0.3) is 6.08 Å². The first-order valence-corrected chi connectivity index (χ1v) is 11.7. The van der Waals surface area contributed by atoms with E-state index in [0.29, 0.717) is 16.6 Å². The highest BCUT2D eigenvalue weighted by molar-refractivity contribution is 9.10. The van der Waals surface area contributed by atoms with Gasteiger partial charge in [0.1, 0.15) is 16.5 Å². The number of amides is 1. The van der Waals surface area contributed by atoms with Crippen LogP contribution in [0.5, 0.6) is 5.75 Å². The number of nitrogens with zero attached hydrogens (tertiary/aromatic N) is 1. The van der Waals surface area contributed by atoms with Crippen LogP contribution in [0.1, 0.15) is 16.7 Å². The highest BCUT2D eigenvalue weighted by Crippen LogP contribution is 2.29. The second-order valence-corrected chi connectivity index (χ2v) is 9.28. The standard InChI is InChI=1S/C24H19BrN2O4S/c1-17-7-10-21(11-8-17)32(29,30)31-23-12-9-19(14-22(23)25)13-20(15-26)24(28)27-16-18-5-3-2-4-6-18/h2-14H,16H2,1H3,(H,27,28)/b20-13+. The van der Waals surface area contributed by atoms with Crippen molar-refractivity contribution in [1.82, 2.24) is 5.32 Å². The fraction of sp³-hybridized carbons (Fsp3) is 0.0833. The van der Waals surface area contributed by atoms with Gasteiger partial charge in [-0.3, -0.25) is 4.79 Å². The molecule has 6 nitrogen and oxygen atoms in total. The normalized spacial score (nSPS) is 11.5. The zero-order chi connectivity index (χ0) is 23.1. The number of halogens is 1. The molecule has 0 spiro atoms. The Kier molecular flexibility index (Phi) is 7.46. The molecule has 0 saturated carbocycles. The molecule has 0 radical (unpaired) electrons. The molecule has 3 rings (SSSR count). The lowest BCUT2D eigenvalue weighted by molar-refractivity contribution is -0.117. The summed E-state index contributed by atoms with van der Waals surface area (Å²) in [4.78, 5) is 12.4. The third-order valence-electron chi connectivity index (χ3n) is 4.44. The Hall–Kier alpha value is -3.41. The van der Waals surface area contributed by atoms with Crippen molar-refractivity contribution in [3.05, 3.63) is 99.5 Å². The molecular formula is C24H19BrN2O4S. The summed E-state index contributed by atoms with van der Waals surface area (Å²) in [7, 11) is -4.00. The Labute approximate surface area is 195 Å². The maximum absolute atomic E-state index is 12.5. The van der Waals surface area contributed by atoms with Crippen molar-refractivity contribution in [2.75, 3.05) is 0 Å². The van der Waals surface area contributed by atoms with Crippen LogP contribution in [-0.2, 0) is 21.5 Å². The van der Waals surface area contributed by atoms with E-state index < -0.39 is 16.0 Å². The quantitative estimate of drug-likeness (QED) is 0.281. The van der Waals surface area contributed by atoms with Gasteiger partial charge in [-0.25, -0.2) is 0 Å². The van der Waals surface area contributed by atoms with Gasteiger partial charge < -0.3 is 9.50 Å². The minimum absolute atomic E-state index is 0.0424. The van der Waals surface area contributed by atoms with Gasteiger partial charge in [0.25, 0.3) is 5.91 Å². The van der Waals surface area contributed by atoms with Crippen LogP contribution in [-0.4, -0.2) is 14.3 Å². The fourth-order valence-corrected chi connectivity index (χ4v) is 4.27. The maximum atomic E-state index is 12.5. The molecule has 0 aliphatic rings. The van der Waals surface area contributed by atoms with Gasteiger partial charge in [0, 0.05) is 6.54 Å². The third-order valence-corrected chi connectivity index (χ3v) is 6.31. The average molecular weight is 511 g/mol. The first-order chi connectivity index (χ1) is 15.3. The zero-order valence-electron chi connectivity index (χ0n) is 17.1. The van der Waals surface area contributed by atoms with E-state index in [-0.39, 0.29) is 16.2 Å².